The van der Waals surface area contributed by atoms with Crippen LogP contribution >= 0.6 is 11.6 Å². The predicted octanol–water partition coefficient (Wildman–Crippen LogP) is 1.83. The third-order valence-electron chi connectivity index (χ3n) is 2.34. The molecule has 0 unspecified atom stereocenters. The van der Waals surface area contributed by atoms with Crippen LogP contribution in [0.2, 0.25) is 5.02 Å². The van der Waals surface area contributed by atoms with Gasteiger partial charge >= 0.3 is 6.03 Å². The van der Waals surface area contributed by atoms with Gasteiger partial charge in [-0.05, 0) is 36.7 Å². The Morgan fingerprint density at radius 3 is 2.63 bits per heavy atom. The molecule has 0 saturated carbocycles. The highest BCUT2D eigenvalue weighted by Gasteiger charge is 2.09. The van der Waals surface area contributed by atoms with Crippen molar-refractivity contribution in [3.8, 4) is 0 Å². The summed E-state index contributed by atoms with van der Waals surface area (Å²) in [7, 11) is 0. The summed E-state index contributed by atoms with van der Waals surface area (Å²) in [6.45, 7) is 0.735. The molecule has 1 rings (SSSR count). The number of urea groups is 1. The molecule has 0 heterocycles. The van der Waals surface area contributed by atoms with E-state index in [-0.39, 0.29) is 0 Å². The Kier molecular flexibility index (Phi) is 6.63. The number of halogens is 1. The van der Waals surface area contributed by atoms with Crippen LogP contribution in [0.25, 0.3) is 6.08 Å². The summed E-state index contributed by atoms with van der Waals surface area (Å²) in [4.78, 5) is 23.3. The summed E-state index contributed by atoms with van der Waals surface area (Å²) >= 11 is 5.76. The fraction of sp³-hybridized carbons (Fsp3) is 0.231. The van der Waals surface area contributed by atoms with Gasteiger partial charge in [0.25, 0.3) is 0 Å². The molecule has 3 N–H and O–H groups in total. The van der Waals surface area contributed by atoms with Crippen LogP contribution in [0.15, 0.2) is 30.5 Å². The van der Waals surface area contributed by atoms with Gasteiger partial charge in [-0.3, -0.25) is 9.69 Å². The van der Waals surface area contributed by atoms with Crippen molar-refractivity contribution in [2.24, 2.45) is 5.73 Å². The average molecular weight is 282 g/mol. The van der Waals surface area contributed by atoms with Gasteiger partial charge < -0.3 is 11.1 Å². The molecule has 0 saturated heterocycles. The quantitative estimate of drug-likeness (QED) is 0.781. The molecule has 0 aromatic heterocycles. The lowest BCUT2D eigenvalue weighted by atomic mass is 10.2. The Morgan fingerprint density at radius 1 is 1.37 bits per heavy atom. The number of nitrogens with two attached hydrogens (primary N) is 1. The van der Waals surface area contributed by atoms with Gasteiger partial charge in [0.15, 0.2) is 0 Å². The predicted molar refractivity (Wildman–Crippen MR) is 75.5 cm³/mol. The van der Waals surface area contributed by atoms with Gasteiger partial charge in [-0.2, -0.15) is 0 Å². The first kappa shape index (κ1) is 15.2. The molecule has 102 valence electrons. The van der Waals surface area contributed by atoms with Crippen LogP contribution < -0.4 is 11.1 Å². The lowest BCUT2D eigenvalue weighted by molar-refractivity contribution is -0.115. The van der Waals surface area contributed by atoms with E-state index < -0.39 is 6.03 Å². The number of carbonyl (C=O) groups excluding carboxylic acids is 2. The lowest BCUT2D eigenvalue weighted by Gasteiger charge is -2.13. The molecule has 0 aliphatic carbocycles. The van der Waals surface area contributed by atoms with Crippen molar-refractivity contribution in [1.82, 2.24) is 10.2 Å². The van der Waals surface area contributed by atoms with Crippen molar-refractivity contribution < 1.29 is 9.59 Å². The molecule has 6 heteroatoms. The molecule has 3 amide bonds. The Balaban J connectivity index is 2.48. The first-order valence-corrected chi connectivity index (χ1v) is 6.20. The van der Waals surface area contributed by atoms with Crippen molar-refractivity contribution in [2.75, 3.05) is 13.1 Å². The second kappa shape index (κ2) is 8.29. The summed E-state index contributed by atoms with van der Waals surface area (Å²) in [6.07, 6.45) is 4.25. The van der Waals surface area contributed by atoms with Crippen molar-refractivity contribution in [2.45, 2.75) is 6.42 Å². The number of hydrogen-bond acceptors (Lipinski definition) is 3. The Labute approximate surface area is 117 Å². The van der Waals surface area contributed by atoms with E-state index in [1.807, 2.05) is 12.1 Å². The summed E-state index contributed by atoms with van der Waals surface area (Å²) in [6, 6.07) is 6.66. The molecule has 0 aliphatic heterocycles. The minimum atomic E-state index is -0.478. The SMILES string of the molecule is NCCCN(C=O)C(=O)N/C=C/c1ccc(Cl)cc1. The van der Waals surface area contributed by atoms with Crippen molar-refractivity contribution >= 4 is 30.1 Å². The Hall–Kier alpha value is -1.85. The van der Waals surface area contributed by atoms with Gasteiger partial charge in [-0.25, -0.2) is 4.79 Å². The zero-order valence-electron chi connectivity index (χ0n) is 10.4. The number of amides is 3. The molecule has 5 nitrogen and oxygen atoms in total. The fourth-order valence-corrected chi connectivity index (χ4v) is 1.46. The molecule has 19 heavy (non-hydrogen) atoms. The number of benzene rings is 1. The van der Waals surface area contributed by atoms with Crippen LogP contribution in [0, 0.1) is 0 Å². The van der Waals surface area contributed by atoms with Gasteiger partial charge in [-0.1, -0.05) is 23.7 Å². The first-order valence-electron chi connectivity index (χ1n) is 5.82. The molecule has 1 aromatic carbocycles. The maximum atomic E-state index is 11.6. The number of carbonyl (C=O) groups is 2. The third kappa shape index (κ3) is 5.54. The van der Waals surface area contributed by atoms with Gasteiger partial charge in [0.05, 0.1) is 0 Å². The van der Waals surface area contributed by atoms with E-state index in [4.69, 9.17) is 17.3 Å². The fourth-order valence-electron chi connectivity index (χ4n) is 1.33. The number of rotatable bonds is 6. The molecule has 0 atom stereocenters. The Bertz CT molecular complexity index is 446. The normalized spacial score (nSPS) is 10.4. The molecule has 0 fully saturated rings. The van der Waals surface area contributed by atoms with Crippen molar-refractivity contribution in [3.63, 3.8) is 0 Å². The zero-order valence-corrected chi connectivity index (χ0v) is 11.1. The molecular formula is C13H16ClN3O2. The second-order valence-corrected chi connectivity index (χ2v) is 4.21. The molecule has 0 radical (unpaired) electrons. The average Bonchev–Trinajstić information content (AvgIpc) is 2.42. The highest BCUT2D eigenvalue weighted by atomic mass is 35.5. The lowest BCUT2D eigenvalue weighted by Crippen LogP contribution is -2.37. The van der Waals surface area contributed by atoms with Gasteiger partial charge in [-0.15, -0.1) is 0 Å². The maximum Gasteiger partial charge on any atom is 0.327 e. The van der Waals surface area contributed by atoms with Gasteiger partial charge in [0.1, 0.15) is 0 Å². The van der Waals surface area contributed by atoms with Crippen molar-refractivity contribution in [1.29, 1.82) is 0 Å². The molecule has 1 aromatic rings. The topological polar surface area (TPSA) is 75.4 Å². The number of nitrogens with zero attached hydrogens (tertiary/aromatic N) is 1. The van der Waals surface area contributed by atoms with E-state index >= 15 is 0 Å². The maximum absolute atomic E-state index is 11.6. The van der Waals surface area contributed by atoms with Crippen LogP contribution in [-0.2, 0) is 4.79 Å². The first-order chi connectivity index (χ1) is 9.17. The van der Waals surface area contributed by atoms with E-state index in [0.717, 1.165) is 10.5 Å². The van der Waals surface area contributed by atoms with Crippen LogP contribution in [0.3, 0.4) is 0 Å². The van der Waals surface area contributed by atoms with E-state index in [1.165, 1.54) is 6.20 Å². The summed E-state index contributed by atoms with van der Waals surface area (Å²) in [5.41, 5.74) is 6.21. The zero-order chi connectivity index (χ0) is 14.1. The molecule has 0 aliphatic rings. The largest absolute Gasteiger partial charge is 0.330 e. The standard InChI is InChI=1S/C13H16ClN3O2/c14-12-4-2-11(3-5-12)6-8-16-13(19)17(10-18)9-1-7-15/h2-6,8,10H,1,7,9,15H2,(H,16,19)/b8-6+. The second-order valence-electron chi connectivity index (χ2n) is 3.78. The van der Waals surface area contributed by atoms with E-state index in [2.05, 4.69) is 5.32 Å². The monoisotopic (exact) mass is 281 g/mol. The van der Waals surface area contributed by atoms with Crippen molar-refractivity contribution in [3.05, 3.63) is 41.1 Å². The van der Waals surface area contributed by atoms with Crippen LogP contribution in [0.5, 0.6) is 0 Å². The van der Waals surface area contributed by atoms with Gasteiger partial charge in [0.2, 0.25) is 6.41 Å². The minimum Gasteiger partial charge on any atom is -0.330 e. The number of nitrogens with one attached hydrogen (secondary N) is 1. The summed E-state index contributed by atoms with van der Waals surface area (Å²) in [5.74, 6) is 0. The molecule has 0 bridgehead atoms. The minimum absolute atomic E-state index is 0.306. The Morgan fingerprint density at radius 2 is 2.05 bits per heavy atom. The van der Waals surface area contributed by atoms with Crippen LogP contribution in [0.1, 0.15) is 12.0 Å². The van der Waals surface area contributed by atoms with Crippen LogP contribution in [0.4, 0.5) is 4.79 Å². The highest BCUT2D eigenvalue weighted by Crippen LogP contribution is 2.10. The molecule has 0 spiro atoms. The summed E-state index contributed by atoms with van der Waals surface area (Å²) in [5, 5.41) is 3.16. The smallest absolute Gasteiger partial charge is 0.327 e. The number of hydrogen-bond donors (Lipinski definition) is 2. The van der Waals surface area contributed by atoms with Crippen LogP contribution in [-0.4, -0.2) is 30.4 Å². The highest BCUT2D eigenvalue weighted by molar-refractivity contribution is 6.30. The van der Waals surface area contributed by atoms with E-state index in [1.54, 1.807) is 18.2 Å². The van der Waals surface area contributed by atoms with E-state index in [9.17, 15) is 9.59 Å². The molecular weight excluding hydrogens is 266 g/mol. The van der Waals surface area contributed by atoms with E-state index in [0.29, 0.717) is 30.9 Å². The summed E-state index contributed by atoms with van der Waals surface area (Å²) < 4.78 is 0. The van der Waals surface area contributed by atoms with Gasteiger partial charge in [0, 0.05) is 17.8 Å². The third-order valence-corrected chi connectivity index (χ3v) is 2.60. The number of imide groups is 1.